The fraction of sp³-hybridized carbons (Fsp3) is 1.00. The minimum absolute atomic E-state index is 0.199. The summed E-state index contributed by atoms with van der Waals surface area (Å²) < 4.78 is 0. The third kappa shape index (κ3) is 6.70. The number of rotatable bonds is 5. The van der Waals surface area contributed by atoms with Gasteiger partial charge in [0.25, 0.3) is 0 Å². The van der Waals surface area contributed by atoms with E-state index in [2.05, 4.69) is 22.2 Å². The Bertz CT molecular complexity index is 33.5. The summed E-state index contributed by atoms with van der Waals surface area (Å²) in [5.74, 6) is 0. The van der Waals surface area contributed by atoms with Crippen molar-refractivity contribution in [3.63, 3.8) is 0 Å². The zero-order valence-corrected chi connectivity index (χ0v) is 8.62. The maximum atomic E-state index is 3.54. The highest BCUT2D eigenvalue weighted by atomic mass is 79.9. The fourth-order valence-corrected chi connectivity index (χ4v) is 2.43. The van der Waals surface area contributed by atoms with Gasteiger partial charge in [0.15, 0.2) is 0 Å². The summed E-state index contributed by atoms with van der Waals surface area (Å²) in [5, 5.41) is 0. The van der Waals surface area contributed by atoms with E-state index in [1.165, 1.54) is 31.7 Å². The highest BCUT2D eigenvalue weighted by molar-refractivity contribution is 9.23. The molecule has 50 valence electrons. The molecule has 0 aliphatic carbocycles. The van der Waals surface area contributed by atoms with Crippen molar-refractivity contribution in [3.05, 3.63) is 0 Å². The molecule has 0 unspecified atom stereocenters. The summed E-state index contributed by atoms with van der Waals surface area (Å²) in [5.41, 5.74) is 0. The fourth-order valence-electron chi connectivity index (χ4n) is 0.698. The molecule has 0 rings (SSSR count). The van der Waals surface area contributed by atoms with Crippen LogP contribution in [0.4, 0.5) is 0 Å². The van der Waals surface area contributed by atoms with E-state index in [4.69, 9.17) is 0 Å². The van der Waals surface area contributed by atoms with Crippen LogP contribution in [0, 0.1) is 0 Å². The van der Waals surface area contributed by atoms with Crippen LogP contribution in [-0.2, 0) is 0 Å². The van der Waals surface area contributed by atoms with Crippen LogP contribution < -0.4 is 0 Å². The zero-order valence-electron chi connectivity index (χ0n) is 5.62. The van der Waals surface area contributed by atoms with Crippen molar-refractivity contribution in [3.8, 4) is 0 Å². The molecule has 0 saturated carbocycles. The number of unbranched alkanes of at least 4 members (excludes halogenated alkanes) is 3. The molecule has 0 bridgehead atoms. The Morgan fingerprint density at radius 2 is 2.00 bits per heavy atom. The first-order valence-corrected chi connectivity index (χ1v) is 8.37. The lowest BCUT2D eigenvalue weighted by molar-refractivity contribution is 0.701. The van der Waals surface area contributed by atoms with E-state index in [1.807, 2.05) is 0 Å². The van der Waals surface area contributed by atoms with Crippen molar-refractivity contribution in [1.82, 2.24) is 0 Å². The first kappa shape index (κ1) is 8.70. The highest BCUT2D eigenvalue weighted by Crippen LogP contribution is 2.02. The highest BCUT2D eigenvalue weighted by Gasteiger charge is 1.84. The minimum Gasteiger partial charge on any atom is -0.135 e. The van der Waals surface area contributed by atoms with Crippen LogP contribution >= 0.6 is 15.3 Å². The standard InChI is InChI=1S/C6H15BrSi/c1-2-3-4-5-6-8-7/h2-6,8H2,1H3. The third-order valence-electron chi connectivity index (χ3n) is 1.24. The second kappa shape index (κ2) is 7.70. The molecule has 0 atom stereocenters. The molecule has 0 radical (unpaired) electrons. The largest absolute Gasteiger partial charge is 0.135 e. The monoisotopic (exact) mass is 194 g/mol. The van der Waals surface area contributed by atoms with Gasteiger partial charge >= 0.3 is 0 Å². The van der Waals surface area contributed by atoms with Crippen LogP contribution in [0.2, 0.25) is 6.04 Å². The molecule has 0 aromatic carbocycles. The van der Waals surface area contributed by atoms with Crippen molar-refractivity contribution in [2.75, 3.05) is 0 Å². The summed E-state index contributed by atoms with van der Waals surface area (Å²) in [4.78, 5) is 0. The Morgan fingerprint density at radius 1 is 1.25 bits per heavy atom. The molecule has 0 saturated heterocycles. The molecule has 0 nitrogen and oxygen atoms in total. The predicted octanol–water partition coefficient (Wildman–Crippen LogP) is 2.46. The van der Waals surface area contributed by atoms with Crippen LogP contribution in [0.25, 0.3) is 0 Å². The molecule has 0 aliphatic heterocycles. The first-order chi connectivity index (χ1) is 3.91. The van der Waals surface area contributed by atoms with Gasteiger partial charge in [-0.05, 0) is 0 Å². The summed E-state index contributed by atoms with van der Waals surface area (Å²) in [6, 6.07) is 1.49. The SMILES string of the molecule is CCCCCC[SiH2]Br. The predicted molar refractivity (Wildman–Crippen MR) is 46.4 cm³/mol. The van der Waals surface area contributed by atoms with Crippen molar-refractivity contribution < 1.29 is 0 Å². The summed E-state index contributed by atoms with van der Waals surface area (Å²) >= 11 is 3.54. The van der Waals surface area contributed by atoms with Gasteiger partial charge in [-0.2, -0.15) is 0 Å². The van der Waals surface area contributed by atoms with E-state index in [0.29, 0.717) is 0 Å². The topological polar surface area (TPSA) is 0 Å². The second-order valence-corrected chi connectivity index (χ2v) is 5.57. The Labute approximate surface area is 62.5 Å². The van der Waals surface area contributed by atoms with Crippen LogP contribution in [0.5, 0.6) is 0 Å². The Balaban J connectivity index is 2.53. The summed E-state index contributed by atoms with van der Waals surface area (Å²) in [6.45, 7) is 2.26. The molecule has 0 heterocycles. The van der Waals surface area contributed by atoms with E-state index in [0.717, 1.165) is 0 Å². The van der Waals surface area contributed by atoms with E-state index in [9.17, 15) is 0 Å². The molecule has 0 N–H and O–H groups in total. The molecular weight excluding hydrogens is 180 g/mol. The summed E-state index contributed by atoms with van der Waals surface area (Å²) in [7, 11) is 0.199. The minimum atomic E-state index is 0.199. The van der Waals surface area contributed by atoms with Gasteiger partial charge in [-0.25, -0.2) is 0 Å². The molecule has 0 aromatic rings. The summed E-state index contributed by atoms with van der Waals surface area (Å²) in [6.07, 6.45) is 5.71. The van der Waals surface area contributed by atoms with Gasteiger partial charge in [0.2, 0.25) is 0 Å². The molecular formula is C6H15BrSi. The van der Waals surface area contributed by atoms with Crippen molar-refractivity contribution in [1.29, 1.82) is 0 Å². The molecule has 0 fully saturated rings. The second-order valence-electron chi connectivity index (χ2n) is 2.10. The average molecular weight is 195 g/mol. The lowest BCUT2D eigenvalue weighted by atomic mass is 10.2. The molecule has 0 aromatic heterocycles. The smallest absolute Gasteiger partial charge is 0.0985 e. The van der Waals surface area contributed by atoms with E-state index >= 15 is 0 Å². The van der Waals surface area contributed by atoms with Gasteiger partial charge in [-0.15, -0.1) is 15.3 Å². The van der Waals surface area contributed by atoms with Gasteiger partial charge < -0.3 is 0 Å². The Hall–Kier alpha value is 0.697. The molecule has 8 heavy (non-hydrogen) atoms. The van der Waals surface area contributed by atoms with Crippen LogP contribution in [0.1, 0.15) is 32.6 Å². The Morgan fingerprint density at radius 3 is 2.50 bits per heavy atom. The van der Waals surface area contributed by atoms with E-state index in [1.54, 1.807) is 0 Å². The number of halogens is 1. The normalized spacial score (nSPS) is 11.2. The lowest BCUT2D eigenvalue weighted by Gasteiger charge is -1.92. The van der Waals surface area contributed by atoms with Crippen molar-refractivity contribution in [2.24, 2.45) is 0 Å². The molecule has 0 amide bonds. The third-order valence-corrected chi connectivity index (χ3v) is 3.69. The van der Waals surface area contributed by atoms with E-state index < -0.39 is 0 Å². The van der Waals surface area contributed by atoms with Gasteiger partial charge in [-0.3, -0.25) is 0 Å². The lowest BCUT2D eigenvalue weighted by Crippen LogP contribution is -1.77. The van der Waals surface area contributed by atoms with Gasteiger partial charge in [0.1, 0.15) is 0 Å². The zero-order chi connectivity index (χ0) is 6.24. The Kier molecular flexibility index (Phi) is 8.37. The van der Waals surface area contributed by atoms with Gasteiger partial charge in [-0.1, -0.05) is 38.7 Å². The van der Waals surface area contributed by atoms with Gasteiger partial charge in [0.05, 0.1) is 8.14 Å². The maximum absolute atomic E-state index is 3.54. The number of hydrogen-bond donors (Lipinski definition) is 0. The van der Waals surface area contributed by atoms with Crippen molar-refractivity contribution >= 4 is 23.4 Å². The van der Waals surface area contributed by atoms with Crippen LogP contribution in [0.15, 0.2) is 0 Å². The first-order valence-electron chi connectivity index (χ1n) is 3.47. The molecule has 2 heteroatoms. The molecule has 0 aliphatic rings. The van der Waals surface area contributed by atoms with Crippen LogP contribution in [-0.4, -0.2) is 8.14 Å². The van der Waals surface area contributed by atoms with Crippen molar-refractivity contribution in [2.45, 2.75) is 38.7 Å². The average Bonchev–Trinajstić information content (AvgIpc) is 1.81. The van der Waals surface area contributed by atoms with Crippen LogP contribution in [0.3, 0.4) is 0 Å². The van der Waals surface area contributed by atoms with E-state index in [-0.39, 0.29) is 8.14 Å². The number of hydrogen-bond acceptors (Lipinski definition) is 0. The maximum Gasteiger partial charge on any atom is 0.0985 e. The van der Waals surface area contributed by atoms with Gasteiger partial charge in [0, 0.05) is 0 Å². The quantitative estimate of drug-likeness (QED) is 0.359. The molecule has 0 spiro atoms.